The van der Waals surface area contributed by atoms with Crippen molar-refractivity contribution in [3.63, 3.8) is 0 Å². The van der Waals surface area contributed by atoms with E-state index in [0.717, 1.165) is 32.1 Å². The van der Waals surface area contributed by atoms with E-state index in [1.807, 2.05) is 18.9 Å². The van der Waals surface area contributed by atoms with Crippen LogP contribution in [0.4, 0.5) is 0 Å². The second-order valence-corrected chi connectivity index (χ2v) is 15.0. The number of methoxy groups -OCH3 is 2. The van der Waals surface area contributed by atoms with E-state index in [4.69, 9.17) is 14.2 Å². The summed E-state index contributed by atoms with van der Waals surface area (Å²) in [6.07, 6.45) is 10.5. The summed E-state index contributed by atoms with van der Waals surface area (Å²) in [6, 6.07) is 1.38. The molecule has 0 N–H and O–H groups in total. The van der Waals surface area contributed by atoms with Gasteiger partial charge in [0.1, 0.15) is 6.79 Å². The Labute approximate surface area is 217 Å². The molecule has 0 aromatic heterocycles. The van der Waals surface area contributed by atoms with Gasteiger partial charge in [0.15, 0.2) is 5.78 Å². The molecule has 6 heteroatoms. The van der Waals surface area contributed by atoms with Crippen molar-refractivity contribution in [2.75, 3.05) is 28.1 Å². The molecule has 2 saturated heterocycles. The summed E-state index contributed by atoms with van der Waals surface area (Å²) in [4.78, 5) is 17.2. The molecule has 0 spiro atoms. The predicted molar refractivity (Wildman–Crippen MR) is 142 cm³/mol. The first-order valence-corrected chi connectivity index (χ1v) is 15.1. The van der Waals surface area contributed by atoms with Gasteiger partial charge in [-0.3, -0.25) is 4.79 Å². The minimum absolute atomic E-state index is 0.0156. The summed E-state index contributed by atoms with van der Waals surface area (Å²) in [7, 11) is 5.89. The normalized spacial score (nSPS) is 52.3. The van der Waals surface area contributed by atoms with Gasteiger partial charge in [-0.05, 0) is 89.0 Å². The van der Waals surface area contributed by atoms with E-state index < -0.39 is 4.75 Å². The third kappa shape index (κ3) is 3.99. The maximum absolute atomic E-state index is 14.6. The van der Waals surface area contributed by atoms with Crippen molar-refractivity contribution in [2.45, 2.75) is 120 Å². The number of piperidine rings is 1. The molecule has 4 unspecified atom stereocenters. The van der Waals surface area contributed by atoms with Crippen LogP contribution in [0.3, 0.4) is 0 Å². The van der Waals surface area contributed by atoms with Gasteiger partial charge >= 0.3 is 0 Å². The maximum atomic E-state index is 14.6. The Morgan fingerprint density at radius 2 is 1.69 bits per heavy atom. The molecule has 0 aromatic carbocycles. The van der Waals surface area contributed by atoms with Crippen molar-refractivity contribution in [2.24, 2.45) is 28.6 Å². The van der Waals surface area contributed by atoms with Crippen molar-refractivity contribution in [3.8, 4) is 0 Å². The minimum atomic E-state index is -0.431. The summed E-state index contributed by atoms with van der Waals surface area (Å²) in [5.41, 5.74) is -0.0295. The summed E-state index contributed by atoms with van der Waals surface area (Å²) < 4.78 is 17.8. The van der Waals surface area contributed by atoms with Gasteiger partial charge in [0.25, 0.3) is 0 Å². The van der Waals surface area contributed by atoms with Gasteiger partial charge in [0, 0.05) is 42.9 Å². The number of hydrogen-bond acceptors (Lipinski definition) is 6. The van der Waals surface area contributed by atoms with Gasteiger partial charge in [-0.1, -0.05) is 20.8 Å². The number of ether oxygens (including phenoxy) is 3. The number of carbonyl (C=O) groups is 1. The molecule has 200 valence electrons. The average Bonchev–Trinajstić information content (AvgIpc) is 3.31. The minimum Gasteiger partial charge on any atom is -0.381 e. The Bertz CT molecular complexity index is 796. The predicted octanol–water partition coefficient (Wildman–Crippen LogP) is 5.55. The number of rotatable bonds is 6. The lowest BCUT2D eigenvalue weighted by Gasteiger charge is -2.62. The molecule has 0 amide bonds. The molecule has 2 aliphatic heterocycles. The van der Waals surface area contributed by atoms with Gasteiger partial charge < -0.3 is 19.1 Å². The Balaban J connectivity index is 1.53. The van der Waals surface area contributed by atoms with Crippen LogP contribution >= 0.6 is 11.8 Å². The molecular formula is C29H49NO4S. The molecule has 0 aromatic rings. The molecule has 2 heterocycles. The van der Waals surface area contributed by atoms with E-state index in [2.05, 4.69) is 39.6 Å². The zero-order valence-electron chi connectivity index (χ0n) is 23.2. The average molecular weight is 508 g/mol. The lowest BCUT2D eigenvalue weighted by molar-refractivity contribution is -0.211. The van der Waals surface area contributed by atoms with E-state index >= 15 is 0 Å². The van der Waals surface area contributed by atoms with Crippen LogP contribution in [0.1, 0.15) is 85.5 Å². The maximum Gasteiger partial charge on any atom is 0.152 e. The molecule has 5 nitrogen and oxygen atoms in total. The van der Waals surface area contributed by atoms with Crippen molar-refractivity contribution >= 4 is 17.5 Å². The number of Topliss-reactive ketones (excluding diaryl/α,β-unsaturated/α-hetero) is 1. The lowest BCUT2D eigenvalue weighted by atomic mass is 9.45. The zero-order valence-corrected chi connectivity index (χ0v) is 24.0. The van der Waals surface area contributed by atoms with Crippen LogP contribution < -0.4 is 0 Å². The van der Waals surface area contributed by atoms with Gasteiger partial charge in [0.05, 0.1) is 17.0 Å². The first-order chi connectivity index (χ1) is 16.6. The monoisotopic (exact) mass is 507 g/mol. The quantitative estimate of drug-likeness (QED) is 0.440. The number of hydrogen-bond donors (Lipinski definition) is 0. The Hall–Kier alpha value is -0.140. The number of ketones is 1. The molecule has 5 fully saturated rings. The van der Waals surface area contributed by atoms with Gasteiger partial charge in [-0.2, -0.15) is 0 Å². The van der Waals surface area contributed by atoms with Crippen molar-refractivity contribution < 1.29 is 19.0 Å². The van der Waals surface area contributed by atoms with E-state index in [1.165, 1.54) is 25.7 Å². The lowest BCUT2D eigenvalue weighted by Crippen LogP contribution is -2.64. The molecule has 0 radical (unpaired) electrons. The second kappa shape index (κ2) is 9.55. The van der Waals surface area contributed by atoms with Gasteiger partial charge in [0.2, 0.25) is 0 Å². The van der Waals surface area contributed by atoms with Crippen LogP contribution in [-0.2, 0) is 19.0 Å². The van der Waals surface area contributed by atoms with Gasteiger partial charge in [-0.25, -0.2) is 0 Å². The van der Waals surface area contributed by atoms with Crippen LogP contribution in [0.15, 0.2) is 0 Å². The molecule has 3 saturated carbocycles. The summed E-state index contributed by atoms with van der Waals surface area (Å²) in [6.45, 7) is 9.72. The Morgan fingerprint density at radius 1 is 1.03 bits per heavy atom. The highest BCUT2D eigenvalue weighted by atomic mass is 32.2. The summed E-state index contributed by atoms with van der Waals surface area (Å²) >= 11 is 2.01. The number of thioether (sulfide) groups is 1. The van der Waals surface area contributed by atoms with E-state index in [-0.39, 0.29) is 35.7 Å². The van der Waals surface area contributed by atoms with Crippen molar-refractivity contribution in [1.82, 2.24) is 4.90 Å². The fourth-order valence-electron chi connectivity index (χ4n) is 9.69. The molecule has 35 heavy (non-hydrogen) atoms. The topological polar surface area (TPSA) is 48.0 Å². The SMILES string of the molecule is COCO[C@@H]1C[C@@](C)(SC2CC3CCC(C2)N3C)C(=O)[C@H](C)C23CC[C@@H](C)[C@]1(C)C2[C@H](OC)CC3. The van der Waals surface area contributed by atoms with Crippen LogP contribution in [0, 0.1) is 28.6 Å². The first-order valence-electron chi connectivity index (χ1n) is 14.2. The number of carbonyl (C=O) groups excluding carboxylic acids is 1. The highest BCUT2D eigenvalue weighted by Crippen LogP contribution is 2.69. The van der Waals surface area contributed by atoms with Crippen LogP contribution in [0.2, 0.25) is 0 Å². The second-order valence-electron chi connectivity index (χ2n) is 13.2. The van der Waals surface area contributed by atoms with Crippen molar-refractivity contribution in [1.29, 1.82) is 0 Å². The third-order valence-corrected chi connectivity index (χ3v) is 13.5. The molecule has 10 atom stereocenters. The molecule has 4 bridgehead atoms. The molecule has 5 aliphatic rings. The smallest absolute Gasteiger partial charge is 0.152 e. The van der Waals surface area contributed by atoms with Crippen molar-refractivity contribution in [3.05, 3.63) is 0 Å². The third-order valence-electron chi connectivity index (χ3n) is 11.9. The highest BCUT2D eigenvalue weighted by molar-refractivity contribution is 8.02. The van der Waals surface area contributed by atoms with Gasteiger partial charge in [-0.15, -0.1) is 11.8 Å². The zero-order chi connectivity index (χ0) is 25.2. The summed E-state index contributed by atoms with van der Waals surface area (Å²) in [5.74, 6) is 1.40. The van der Waals surface area contributed by atoms with E-state index in [9.17, 15) is 4.79 Å². The fraction of sp³-hybridized carbons (Fsp3) is 0.966. The fourth-order valence-corrected chi connectivity index (χ4v) is 11.6. The van der Waals surface area contributed by atoms with Crippen LogP contribution in [0.25, 0.3) is 0 Å². The molecule has 5 rings (SSSR count). The Morgan fingerprint density at radius 3 is 2.31 bits per heavy atom. The first kappa shape index (κ1) is 26.5. The number of nitrogens with zero attached hydrogens (tertiary/aromatic N) is 1. The number of fused-ring (bicyclic) bond motifs is 2. The standard InChI is InChI=1S/C29H49NO4S/c1-18-10-12-29-13-11-23(33-7)25(29)28(18,4)24(34-17-32-6)16-27(3,26(31)19(29)2)35-22-14-20-8-9-21(15-22)30(20)5/h18-25H,8-17H2,1-7H3/t18-,19+,20?,21?,22?,23-,24-,25?,27-,28+,29?/m1/s1. The van der Waals surface area contributed by atoms with Crippen LogP contribution in [0.5, 0.6) is 0 Å². The summed E-state index contributed by atoms with van der Waals surface area (Å²) in [5, 5.41) is 0.557. The molecule has 3 aliphatic carbocycles. The largest absolute Gasteiger partial charge is 0.381 e. The Kier molecular flexibility index (Phi) is 7.22. The van der Waals surface area contributed by atoms with E-state index in [1.54, 1.807) is 7.11 Å². The van der Waals surface area contributed by atoms with E-state index in [0.29, 0.717) is 35.0 Å². The highest BCUT2D eigenvalue weighted by Gasteiger charge is 2.68. The molecular weight excluding hydrogens is 458 g/mol. The van der Waals surface area contributed by atoms with Crippen LogP contribution in [-0.4, -0.2) is 73.0 Å².